The van der Waals surface area contributed by atoms with Crippen LogP contribution in [0.4, 0.5) is 0 Å². The van der Waals surface area contributed by atoms with E-state index in [4.69, 9.17) is 5.26 Å². The monoisotopic (exact) mass is 325 g/mol. The van der Waals surface area contributed by atoms with Crippen molar-refractivity contribution >= 4 is 5.91 Å². The third-order valence-corrected chi connectivity index (χ3v) is 4.31. The molecule has 0 unspecified atom stereocenters. The van der Waals surface area contributed by atoms with E-state index in [2.05, 4.69) is 10.3 Å². The lowest BCUT2D eigenvalue weighted by molar-refractivity contribution is 0.0381. The molecular weight excluding hydrogens is 306 g/mol. The summed E-state index contributed by atoms with van der Waals surface area (Å²) in [4.78, 5) is 14.2. The van der Waals surface area contributed by atoms with Crippen LogP contribution in [0, 0.1) is 11.3 Å². The van der Waals surface area contributed by atoms with Gasteiger partial charge in [0.2, 0.25) is 0 Å². The van der Waals surface area contributed by atoms with Gasteiger partial charge < -0.3 is 10.0 Å². The number of aliphatic hydroxyl groups is 1. The van der Waals surface area contributed by atoms with E-state index in [0.29, 0.717) is 29.8 Å². The van der Waals surface area contributed by atoms with Crippen molar-refractivity contribution in [3.8, 4) is 6.07 Å². The Hall–Kier alpha value is -2.72. The molecule has 3 rings (SSSR count). The molecular formula is C17H19N5O2. The molecule has 0 spiro atoms. The van der Waals surface area contributed by atoms with Gasteiger partial charge in [0.1, 0.15) is 11.3 Å². The van der Waals surface area contributed by atoms with Crippen LogP contribution in [0.3, 0.4) is 0 Å². The zero-order valence-corrected chi connectivity index (χ0v) is 13.7. The fourth-order valence-electron chi connectivity index (χ4n) is 2.79. The highest BCUT2D eigenvalue weighted by Crippen LogP contribution is 2.31. The first kappa shape index (κ1) is 16.1. The zero-order chi connectivity index (χ0) is 17.3. The fraction of sp³-hybridized carbons (Fsp3) is 0.412. The highest BCUT2D eigenvalue weighted by atomic mass is 16.3. The molecule has 1 aromatic carbocycles. The fourth-order valence-corrected chi connectivity index (χ4v) is 2.79. The molecule has 124 valence electrons. The number of amides is 1. The average molecular weight is 325 g/mol. The van der Waals surface area contributed by atoms with E-state index in [9.17, 15) is 9.90 Å². The summed E-state index contributed by atoms with van der Waals surface area (Å²) in [6.45, 7) is 4.60. The van der Waals surface area contributed by atoms with Gasteiger partial charge in [-0.3, -0.25) is 4.79 Å². The Labute approximate surface area is 140 Å². The summed E-state index contributed by atoms with van der Waals surface area (Å²) in [6.07, 6.45) is 2.16. The maximum atomic E-state index is 12.6. The molecule has 0 aliphatic carbocycles. The number of aromatic nitrogens is 3. The minimum Gasteiger partial charge on any atom is -0.381 e. The molecule has 7 nitrogen and oxygen atoms in total. The van der Waals surface area contributed by atoms with E-state index in [1.165, 1.54) is 0 Å². The summed E-state index contributed by atoms with van der Waals surface area (Å²) >= 11 is 0. The highest BCUT2D eigenvalue weighted by molar-refractivity contribution is 5.94. The van der Waals surface area contributed by atoms with Gasteiger partial charge in [0.05, 0.1) is 24.4 Å². The van der Waals surface area contributed by atoms with Crippen molar-refractivity contribution in [1.29, 1.82) is 5.26 Å². The van der Waals surface area contributed by atoms with E-state index in [1.807, 2.05) is 19.9 Å². The number of hydrogen-bond donors (Lipinski definition) is 1. The summed E-state index contributed by atoms with van der Waals surface area (Å²) in [5.41, 5.74) is 0.334. The van der Waals surface area contributed by atoms with Crippen LogP contribution in [0.15, 0.2) is 30.5 Å². The SMILES string of the molecule is CC(C)n1cc([C@@]2(O)CCN(C(=O)c3ccc(C#N)cc3)C2)nn1. The average Bonchev–Trinajstić information content (AvgIpc) is 3.22. The van der Waals surface area contributed by atoms with Gasteiger partial charge in [-0.25, -0.2) is 4.68 Å². The predicted octanol–water partition coefficient (Wildman–Crippen LogP) is 1.46. The van der Waals surface area contributed by atoms with Crippen molar-refractivity contribution in [3.63, 3.8) is 0 Å². The molecule has 0 saturated carbocycles. The van der Waals surface area contributed by atoms with Crippen molar-refractivity contribution in [2.45, 2.75) is 31.9 Å². The van der Waals surface area contributed by atoms with Crippen LogP contribution >= 0.6 is 0 Å². The number of likely N-dealkylation sites (tertiary alicyclic amines) is 1. The molecule has 1 aliphatic rings. The molecule has 1 aliphatic heterocycles. The van der Waals surface area contributed by atoms with Gasteiger partial charge in [-0.15, -0.1) is 5.10 Å². The zero-order valence-electron chi connectivity index (χ0n) is 13.7. The maximum Gasteiger partial charge on any atom is 0.253 e. The molecule has 7 heteroatoms. The first-order chi connectivity index (χ1) is 11.4. The minimum absolute atomic E-state index is 0.160. The topological polar surface area (TPSA) is 95.0 Å². The first-order valence-electron chi connectivity index (χ1n) is 7.87. The predicted molar refractivity (Wildman–Crippen MR) is 86.0 cm³/mol. The molecule has 0 radical (unpaired) electrons. The number of carbonyl (C=O) groups is 1. The van der Waals surface area contributed by atoms with E-state index < -0.39 is 5.60 Å². The summed E-state index contributed by atoms with van der Waals surface area (Å²) in [7, 11) is 0. The van der Waals surface area contributed by atoms with Crippen molar-refractivity contribution in [3.05, 3.63) is 47.3 Å². The Morgan fingerprint density at radius 1 is 1.38 bits per heavy atom. The number of hydrogen-bond acceptors (Lipinski definition) is 5. The van der Waals surface area contributed by atoms with Crippen LogP contribution in [0.25, 0.3) is 0 Å². The van der Waals surface area contributed by atoms with E-state index in [-0.39, 0.29) is 18.5 Å². The van der Waals surface area contributed by atoms with Crippen LogP contribution in [0.2, 0.25) is 0 Å². The quantitative estimate of drug-likeness (QED) is 0.922. The first-order valence-corrected chi connectivity index (χ1v) is 7.87. The molecule has 1 atom stereocenters. The van der Waals surface area contributed by atoms with Crippen LogP contribution in [-0.4, -0.2) is 44.0 Å². The number of rotatable bonds is 3. The second-order valence-corrected chi connectivity index (χ2v) is 6.37. The number of nitrogens with zero attached hydrogens (tertiary/aromatic N) is 5. The second-order valence-electron chi connectivity index (χ2n) is 6.37. The van der Waals surface area contributed by atoms with E-state index in [0.717, 1.165) is 0 Å². The molecule has 2 aromatic rings. The molecule has 1 N–H and O–H groups in total. The highest BCUT2D eigenvalue weighted by Gasteiger charge is 2.42. The smallest absolute Gasteiger partial charge is 0.253 e. The van der Waals surface area contributed by atoms with Gasteiger partial charge in [0.25, 0.3) is 5.91 Å². The summed E-state index contributed by atoms with van der Waals surface area (Å²) < 4.78 is 1.69. The van der Waals surface area contributed by atoms with Gasteiger partial charge in [-0.05, 0) is 38.1 Å². The minimum atomic E-state index is -1.17. The lowest BCUT2D eigenvalue weighted by Crippen LogP contribution is -2.34. The summed E-state index contributed by atoms with van der Waals surface area (Å²) in [5.74, 6) is -0.160. The van der Waals surface area contributed by atoms with Crippen LogP contribution in [-0.2, 0) is 5.60 Å². The van der Waals surface area contributed by atoms with Crippen molar-refractivity contribution in [1.82, 2.24) is 19.9 Å². The van der Waals surface area contributed by atoms with Crippen LogP contribution in [0.5, 0.6) is 0 Å². The van der Waals surface area contributed by atoms with E-state index >= 15 is 0 Å². The summed E-state index contributed by atoms with van der Waals surface area (Å²) in [6, 6.07) is 8.68. The number of β-amino-alcohol motifs (C(OH)–C–C–N with tert-alkyl or cyclic N) is 1. The number of carbonyl (C=O) groups excluding carboxylic acids is 1. The molecule has 24 heavy (non-hydrogen) atoms. The van der Waals surface area contributed by atoms with Crippen molar-refractivity contribution in [2.75, 3.05) is 13.1 Å². The maximum absolute atomic E-state index is 12.6. The molecule has 1 amide bonds. The molecule has 2 heterocycles. The van der Waals surface area contributed by atoms with Gasteiger partial charge in [-0.1, -0.05) is 5.21 Å². The Bertz CT molecular complexity index is 790. The number of nitriles is 1. The lowest BCUT2D eigenvalue weighted by Gasteiger charge is -2.21. The third kappa shape index (κ3) is 2.88. The molecule has 1 aromatic heterocycles. The van der Waals surface area contributed by atoms with Crippen LogP contribution in [0.1, 0.15) is 47.9 Å². The number of benzene rings is 1. The van der Waals surface area contributed by atoms with Crippen LogP contribution < -0.4 is 0 Å². The summed E-state index contributed by atoms with van der Waals surface area (Å²) in [5, 5.41) is 27.8. The largest absolute Gasteiger partial charge is 0.381 e. The van der Waals surface area contributed by atoms with Gasteiger partial charge in [0, 0.05) is 24.6 Å². The molecule has 0 bridgehead atoms. The lowest BCUT2D eigenvalue weighted by atomic mass is 10.00. The third-order valence-electron chi connectivity index (χ3n) is 4.31. The normalized spacial score (nSPS) is 20.4. The van der Waals surface area contributed by atoms with Gasteiger partial charge in [0.15, 0.2) is 0 Å². The second kappa shape index (κ2) is 6.06. The van der Waals surface area contributed by atoms with Crippen molar-refractivity contribution < 1.29 is 9.90 Å². The Morgan fingerprint density at radius 2 is 2.08 bits per heavy atom. The molecule has 1 saturated heterocycles. The van der Waals surface area contributed by atoms with E-state index in [1.54, 1.807) is 40.0 Å². The Balaban J connectivity index is 1.75. The van der Waals surface area contributed by atoms with Gasteiger partial charge >= 0.3 is 0 Å². The molecule has 1 fully saturated rings. The van der Waals surface area contributed by atoms with Crippen molar-refractivity contribution in [2.24, 2.45) is 0 Å². The standard InChI is InChI=1S/C17H19N5O2/c1-12(2)22-10-15(19-20-22)17(24)7-8-21(11-17)16(23)14-5-3-13(9-18)4-6-14/h3-6,10,12,24H,7-8,11H2,1-2H3/t17-/m1/s1. The van der Waals surface area contributed by atoms with Gasteiger partial charge in [-0.2, -0.15) is 5.26 Å². The Morgan fingerprint density at radius 3 is 2.67 bits per heavy atom. The Kier molecular flexibility index (Phi) is 4.08.